The number of anilines is 1. The summed E-state index contributed by atoms with van der Waals surface area (Å²) in [6.45, 7) is 0. The number of amides is 1. The largest absolute Gasteiger partial charge is 0.434 e. The third kappa shape index (κ3) is 3.23. The molecular formula is C19H12FN3O3. The van der Waals surface area contributed by atoms with Crippen LogP contribution in [0.15, 0.2) is 71.3 Å². The van der Waals surface area contributed by atoms with E-state index in [4.69, 9.17) is 9.15 Å². The highest BCUT2D eigenvalue weighted by Crippen LogP contribution is 2.29. The number of nitrogens with zero attached hydrogens (tertiary/aromatic N) is 2. The summed E-state index contributed by atoms with van der Waals surface area (Å²) < 4.78 is 23.8. The maximum absolute atomic E-state index is 12.9. The Balaban J connectivity index is 1.59. The molecule has 0 spiro atoms. The lowest BCUT2D eigenvalue weighted by atomic mass is 10.2. The third-order valence-electron chi connectivity index (χ3n) is 3.58. The number of hydrogen-bond acceptors (Lipinski definition) is 5. The Morgan fingerprint density at radius 2 is 1.85 bits per heavy atom. The quantitative estimate of drug-likeness (QED) is 0.583. The van der Waals surface area contributed by atoms with E-state index in [0.29, 0.717) is 28.4 Å². The molecule has 0 radical (unpaired) electrons. The number of carbonyl (C=O) groups is 1. The Morgan fingerprint density at radius 3 is 2.65 bits per heavy atom. The van der Waals surface area contributed by atoms with Crippen LogP contribution in [-0.2, 0) is 0 Å². The number of oxazole rings is 1. The summed E-state index contributed by atoms with van der Waals surface area (Å²) in [5, 5.41) is 2.64. The maximum atomic E-state index is 12.9. The van der Waals surface area contributed by atoms with Crippen molar-refractivity contribution in [3.63, 3.8) is 0 Å². The van der Waals surface area contributed by atoms with Crippen LogP contribution in [0.1, 0.15) is 0 Å². The van der Waals surface area contributed by atoms with Crippen LogP contribution in [0.4, 0.5) is 14.9 Å². The van der Waals surface area contributed by atoms with Gasteiger partial charge in [0.25, 0.3) is 0 Å². The Bertz CT molecular complexity index is 1040. The summed E-state index contributed by atoms with van der Waals surface area (Å²) in [5.74, 6) is 0.150. The second kappa shape index (κ2) is 6.64. The van der Waals surface area contributed by atoms with Crippen LogP contribution in [0, 0.1) is 5.82 Å². The second-order valence-electron chi connectivity index (χ2n) is 5.36. The molecule has 7 heteroatoms. The van der Waals surface area contributed by atoms with Gasteiger partial charge in [-0.15, -0.1) is 0 Å². The molecular weight excluding hydrogens is 337 g/mol. The van der Waals surface area contributed by atoms with Gasteiger partial charge in [-0.1, -0.05) is 12.1 Å². The van der Waals surface area contributed by atoms with Gasteiger partial charge in [-0.3, -0.25) is 5.32 Å². The van der Waals surface area contributed by atoms with Gasteiger partial charge in [0.15, 0.2) is 11.2 Å². The van der Waals surface area contributed by atoms with Crippen molar-refractivity contribution in [1.82, 2.24) is 9.97 Å². The van der Waals surface area contributed by atoms with E-state index < -0.39 is 11.9 Å². The van der Waals surface area contributed by atoms with E-state index in [-0.39, 0.29) is 5.75 Å². The molecule has 1 N–H and O–H groups in total. The molecule has 0 saturated heterocycles. The van der Waals surface area contributed by atoms with Gasteiger partial charge in [-0.05, 0) is 48.5 Å². The number of hydrogen-bond donors (Lipinski definition) is 1. The predicted molar refractivity (Wildman–Crippen MR) is 93.3 cm³/mol. The fraction of sp³-hybridized carbons (Fsp3) is 0. The van der Waals surface area contributed by atoms with Crippen LogP contribution >= 0.6 is 0 Å². The van der Waals surface area contributed by atoms with Crippen molar-refractivity contribution in [3.8, 4) is 17.2 Å². The number of carbonyl (C=O) groups excluding carboxylic acids is 1. The third-order valence-corrected chi connectivity index (χ3v) is 3.58. The molecule has 4 aromatic rings. The molecule has 0 saturated carbocycles. The van der Waals surface area contributed by atoms with Gasteiger partial charge >= 0.3 is 6.09 Å². The molecule has 0 aliphatic rings. The van der Waals surface area contributed by atoms with Crippen molar-refractivity contribution in [3.05, 3.63) is 72.7 Å². The van der Waals surface area contributed by atoms with Crippen LogP contribution in [0.2, 0.25) is 0 Å². The van der Waals surface area contributed by atoms with Gasteiger partial charge < -0.3 is 9.15 Å². The molecule has 0 aliphatic heterocycles. The topological polar surface area (TPSA) is 77.3 Å². The number of ether oxygens (including phenoxy) is 1. The molecule has 4 rings (SSSR count). The van der Waals surface area contributed by atoms with Gasteiger partial charge in [0.05, 0.1) is 11.3 Å². The summed E-state index contributed by atoms with van der Waals surface area (Å²) in [6, 6.07) is 15.7. The molecule has 0 fully saturated rings. The zero-order valence-electron chi connectivity index (χ0n) is 13.3. The van der Waals surface area contributed by atoms with E-state index in [2.05, 4.69) is 15.3 Å². The minimum absolute atomic E-state index is 0.229. The molecule has 26 heavy (non-hydrogen) atoms. The first-order valence-corrected chi connectivity index (χ1v) is 7.74. The minimum Gasteiger partial charge on any atom is -0.434 e. The highest BCUT2D eigenvalue weighted by Gasteiger charge is 2.15. The Hall–Kier alpha value is -3.74. The monoisotopic (exact) mass is 349 g/mol. The number of nitrogens with one attached hydrogen (secondary N) is 1. The standard InChI is InChI=1S/C19H12FN3O3/c20-12-7-9-13(10-8-12)25-19(24)22-15-5-2-1-4-14(15)18-23-17-16(26-18)6-3-11-21-17/h1-11H,(H,22,24). The molecule has 128 valence electrons. The zero-order chi connectivity index (χ0) is 17.9. The first-order valence-electron chi connectivity index (χ1n) is 7.74. The van der Waals surface area contributed by atoms with Crippen molar-refractivity contribution in [2.75, 3.05) is 5.32 Å². The number of fused-ring (bicyclic) bond motifs is 1. The van der Waals surface area contributed by atoms with Gasteiger partial charge in [0, 0.05) is 6.20 Å². The summed E-state index contributed by atoms with van der Waals surface area (Å²) in [6.07, 6.45) is 0.914. The first kappa shape index (κ1) is 15.8. The van der Waals surface area contributed by atoms with Gasteiger partial charge in [-0.2, -0.15) is 4.98 Å². The summed E-state index contributed by atoms with van der Waals surface area (Å²) >= 11 is 0. The number of halogens is 1. The fourth-order valence-corrected chi connectivity index (χ4v) is 2.41. The number of benzene rings is 2. The highest BCUT2D eigenvalue weighted by molar-refractivity contribution is 5.91. The van der Waals surface area contributed by atoms with Gasteiger partial charge in [0.1, 0.15) is 11.6 Å². The van der Waals surface area contributed by atoms with E-state index in [1.54, 1.807) is 42.6 Å². The lowest BCUT2D eigenvalue weighted by Gasteiger charge is -2.09. The lowest BCUT2D eigenvalue weighted by Crippen LogP contribution is -2.17. The average Bonchev–Trinajstić information content (AvgIpc) is 3.08. The first-order chi connectivity index (χ1) is 12.7. The van der Waals surface area contributed by atoms with Gasteiger partial charge in [-0.25, -0.2) is 14.2 Å². The van der Waals surface area contributed by atoms with E-state index in [0.717, 1.165) is 0 Å². The van der Waals surface area contributed by atoms with Crippen LogP contribution in [0.25, 0.3) is 22.7 Å². The van der Waals surface area contributed by atoms with Crippen LogP contribution in [0.3, 0.4) is 0 Å². The van der Waals surface area contributed by atoms with Crippen LogP contribution in [0.5, 0.6) is 5.75 Å². The molecule has 0 aliphatic carbocycles. The Morgan fingerprint density at radius 1 is 1.04 bits per heavy atom. The fourth-order valence-electron chi connectivity index (χ4n) is 2.41. The van der Waals surface area contributed by atoms with Gasteiger partial charge in [0.2, 0.25) is 5.89 Å². The summed E-state index contributed by atoms with van der Waals surface area (Å²) in [5.41, 5.74) is 2.07. The zero-order valence-corrected chi connectivity index (χ0v) is 13.3. The highest BCUT2D eigenvalue weighted by atomic mass is 19.1. The number of aromatic nitrogens is 2. The predicted octanol–water partition coefficient (Wildman–Crippen LogP) is 4.64. The molecule has 0 atom stereocenters. The Kier molecular flexibility index (Phi) is 4.03. The minimum atomic E-state index is -0.710. The Labute approximate surface area is 147 Å². The number of rotatable bonds is 3. The van der Waals surface area contributed by atoms with Crippen molar-refractivity contribution in [1.29, 1.82) is 0 Å². The molecule has 0 unspecified atom stereocenters. The number of pyridine rings is 1. The molecule has 2 aromatic carbocycles. The van der Waals surface area contributed by atoms with Crippen LogP contribution < -0.4 is 10.1 Å². The molecule has 6 nitrogen and oxygen atoms in total. The van der Waals surface area contributed by atoms with Crippen molar-refractivity contribution in [2.45, 2.75) is 0 Å². The van der Waals surface area contributed by atoms with Crippen molar-refractivity contribution in [2.24, 2.45) is 0 Å². The van der Waals surface area contributed by atoms with E-state index in [1.807, 2.05) is 0 Å². The molecule has 1 amide bonds. The normalized spacial score (nSPS) is 10.7. The lowest BCUT2D eigenvalue weighted by molar-refractivity contribution is 0.215. The van der Waals surface area contributed by atoms with E-state index >= 15 is 0 Å². The van der Waals surface area contributed by atoms with E-state index in [1.165, 1.54) is 24.3 Å². The van der Waals surface area contributed by atoms with E-state index in [9.17, 15) is 9.18 Å². The van der Waals surface area contributed by atoms with Crippen molar-refractivity contribution >= 4 is 23.0 Å². The second-order valence-corrected chi connectivity index (χ2v) is 5.36. The molecule has 0 bridgehead atoms. The SMILES string of the molecule is O=C(Nc1ccccc1-c1nc2ncccc2o1)Oc1ccc(F)cc1. The number of para-hydroxylation sites is 1. The van der Waals surface area contributed by atoms with Crippen LogP contribution in [-0.4, -0.2) is 16.1 Å². The summed E-state index contributed by atoms with van der Waals surface area (Å²) in [7, 11) is 0. The average molecular weight is 349 g/mol. The van der Waals surface area contributed by atoms with Crippen molar-refractivity contribution < 1.29 is 18.3 Å². The molecule has 2 heterocycles. The summed E-state index contributed by atoms with van der Waals surface area (Å²) in [4.78, 5) is 20.6. The maximum Gasteiger partial charge on any atom is 0.417 e. The molecule has 2 aromatic heterocycles. The smallest absolute Gasteiger partial charge is 0.417 e.